The number of amides is 1. The van der Waals surface area contributed by atoms with Crippen molar-refractivity contribution in [2.24, 2.45) is 5.92 Å². The number of ether oxygens (including phenoxy) is 2. The van der Waals surface area contributed by atoms with Crippen molar-refractivity contribution in [3.8, 4) is 0 Å². The third-order valence-electron chi connectivity index (χ3n) is 4.00. The van der Waals surface area contributed by atoms with Crippen LogP contribution in [0.5, 0.6) is 0 Å². The highest BCUT2D eigenvalue weighted by Crippen LogP contribution is 2.22. The number of methoxy groups -OCH3 is 2. The monoisotopic (exact) mass is 349 g/mol. The van der Waals surface area contributed by atoms with Crippen LogP contribution in [-0.4, -0.2) is 38.1 Å². The molecule has 1 N–H and O–H groups in total. The molecule has 25 heavy (non-hydrogen) atoms. The molecule has 1 amide bonds. The molecule has 0 unspecified atom stereocenters. The molecule has 138 valence electrons. The number of hydrogen-bond acceptors (Lipinski definition) is 5. The Labute approximate surface area is 148 Å². The third kappa shape index (κ3) is 5.89. The van der Waals surface area contributed by atoms with Gasteiger partial charge in [0.2, 0.25) is 0 Å². The molecule has 0 aromatic heterocycles. The highest BCUT2D eigenvalue weighted by molar-refractivity contribution is 5.96. The average molecular weight is 349 g/mol. The Morgan fingerprint density at radius 3 is 1.96 bits per heavy atom. The summed E-state index contributed by atoms with van der Waals surface area (Å²) in [4.78, 5) is 35.9. The fraction of sp³-hybridized carbons (Fsp3) is 0.526. The van der Waals surface area contributed by atoms with Crippen LogP contribution in [0.2, 0.25) is 0 Å². The lowest BCUT2D eigenvalue weighted by Crippen LogP contribution is -2.43. The summed E-state index contributed by atoms with van der Waals surface area (Å²) >= 11 is 0. The van der Waals surface area contributed by atoms with Crippen LogP contribution in [-0.2, 0) is 24.5 Å². The zero-order valence-electron chi connectivity index (χ0n) is 15.7. The molecule has 0 aliphatic rings. The van der Waals surface area contributed by atoms with Gasteiger partial charge in [0.1, 0.15) is 6.04 Å². The van der Waals surface area contributed by atoms with Gasteiger partial charge in [-0.05, 0) is 29.5 Å². The molecule has 1 aromatic rings. The van der Waals surface area contributed by atoms with Crippen LogP contribution in [0.25, 0.3) is 0 Å². The van der Waals surface area contributed by atoms with Crippen molar-refractivity contribution in [1.82, 2.24) is 5.32 Å². The van der Waals surface area contributed by atoms with Crippen molar-refractivity contribution in [3.63, 3.8) is 0 Å². The topological polar surface area (TPSA) is 81.7 Å². The second-order valence-corrected chi connectivity index (χ2v) is 7.04. The van der Waals surface area contributed by atoms with Gasteiger partial charge in [0.15, 0.2) is 0 Å². The third-order valence-corrected chi connectivity index (χ3v) is 4.00. The lowest BCUT2D eigenvalue weighted by Gasteiger charge is -2.20. The van der Waals surface area contributed by atoms with Crippen molar-refractivity contribution in [2.45, 2.75) is 45.6 Å². The Morgan fingerprint density at radius 1 is 1.00 bits per heavy atom. The van der Waals surface area contributed by atoms with Crippen molar-refractivity contribution < 1.29 is 23.9 Å². The molecule has 0 fully saturated rings. The molecule has 0 aliphatic carbocycles. The minimum Gasteiger partial charge on any atom is -0.469 e. The van der Waals surface area contributed by atoms with Gasteiger partial charge in [-0.3, -0.25) is 9.59 Å². The van der Waals surface area contributed by atoms with Crippen molar-refractivity contribution in [2.75, 3.05) is 14.2 Å². The van der Waals surface area contributed by atoms with Gasteiger partial charge in [0.05, 0.1) is 20.1 Å². The van der Waals surface area contributed by atoms with Crippen LogP contribution in [0.4, 0.5) is 0 Å². The summed E-state index contributed by atoms with van der Waals surface area (Å²) in [6.07, 6.45) is 0.102. The number of carbonyl (C=O) groups is 3. The van der Waals surface area contributed by atoms with E-state index in [4.69, 9.17) is 4.74 Å². The summed E-state index contributed by atoms with van der Waals surface area (Å²) in [5, 5.41) is 2.63. The summed E-state index contributed by atoms with van der Waals surface area (Å²) < 4.78 is 9.38. The molecule has 0 saturated heterocycles. The van der Waals surface area contributed by atoms with Crippen LogP contribution in [0.3, 0.4) is 0 Å². The first-order valence-electron chi connectivity index (χ1n) is 8.17. The van der Waals surface area contributed by atoms with Gasteiger partial charge in [0, 0.05) is 5.56 Å². The molecule has 6 heteroatoms. The molecule has 6 nitrogen and oxygen atoms in total. The first-order valence-corrected chi connectivity index (χ1v) is 8.17. The maximum Gasteiger partial charge on any atom is 0.328 e. The molecule has 1 aromatic carbocycles. The largest absolute Gasteiger partial charge is 0.469 e. The summed E-state index contributed by atoms with van der Waals surface area (Å²) in [6, 6.07) is 6.29. The van der Waals surface area contributed by atoms with Crippen LogP contribution in [0.15, 0.2) is 24.3 Å². The Morgan fingerprint density at radius 2 is 1.52 bits per heavy atom. The Hall–Kier alpha value is -2.37. The van der Waals surface area contributed by atoms with Gasteiger partial charge in [-0.25, -0.2) is 4.79 Å². The highest BCUT2D eigenvalue weighted by atomic mass is 16.5. The number of nitrogens with one attached hydrogen (secondary N) is 1. The predicted octanol–water partition coefficient (Wildman–Crippen LogP) is 2.45. The molecule has 2 atom stereocenters. The fourth-order valence-electron chi connectivity index (χ4n) is 2.37. The van der Waals surface area contributed by atoms with Crippen LogP contribution >= 0.6 is 0 Å². The molecule has 0 saturated carbocycles. The number of rotatable bonds is 6. The van der Waals surface area contributed by atoms with E-state index in [-0.39, 0.29) is 11.8 Å². The summed E-state index contributed by atoms with van der Waals surface area (Å²) in [5.41, 5.74) is 1.53. The van der Waals surface area contributed by atoms with Gasteiger partial charge in [-0.1, -0.05) is 39.8 Å². The van der Waals surface area contributed by atoms with Gasteiger partial charge in [0.25, 0.3) is 5.91 Å². The van der Waals surface area contributed by atoms with E-state index in [1.165, 1.54) is 14.2 Å². The Bertz CT molecular complexity index is 616. The standard InChI is InChI=1S/C19H27NO5/c1-12(17(22)24-5)11-15(18(23)25-6)20-16(21)13-7-9-14(10-8-13)19(2,3)4/h7-10,12,15H,11H2,1-6H3,(H,20,21)/t12-,15+/m1/s1. The Balaban J connectivity index is 2.87. The van der Waals surface area contributed by atoms with Gasteiger partial charge in [-0.2, -0.15) is 0 Å². The maximum absolute atomic E-state index is 12.4. The first kappa shape index (κ1) is 20.7. The van der Waals surface area contributed by atoms with E-state index >= 15 is 0 Å². The maximum atomic E-state index is 12.4. The summed E-state index contributed by atoms with van der Waals surface area (Å²) in [5.74, 6) is -1.99. The van der Waals surface area contributed by atoms with E-state index < -0.39 is 29.8 Å². The minimum atomic E-state index is -0.922. The summed E-state index contributed by atoms with van der Waals surface area (Å²) in [7, 11) is 2.52. The van der Waals surface area contributed by atoms with Crippen molar-refractivity contribution >= 4 is 17.8 Å². The number of carbonyl (C=O) groups excluding carboxylic acids is 3. The Kier molecular flexibility index (Phi) is 7.15. The van der Waals surface area contributed by atoms with E-state index in [0.29, 0.717) is 5.56 Å². The molecule has 1 rings (SSSR count). The molecular formula is C19H27NO5. The van der Waals surface area contributed by atoms with Gasteiger partial charge < -0.3 is 14.8 Å². The van der Waals surface area contributed by atoms with E-state index in [9.17, 15) is 14.4 Å². The van der Waals surface area contributed by atoms with E-state index in [2.05, 4.69) is 30.8 Å². The van der Waals surface area contributed by atoms with Gasteiger partial charge in [-0.15, -0.1) is 0 Å². The molecular weight excluding hydrogens is 322 g/mol. The van der Waals surface area contributed by atoms with E-state index in [1.54, 1.807) is 19.1 Å². The molecule has 0 bridgehead atoms. The van der Waals surface area contributed by atoms with Crippen LogP contribution in [0, 0.1) is 5.92 Å². The molecule has 0 heterocycles. The zero-order chi connectivity index (χ0) is 19.2. The smallest absolute Gasteiger partial charge is 0.328 e. The van der Waals surface area contributed by atoms with Crippen molar-refractivity contribution in [1.29, 1.82) is 0 Å². The van der Waals surface area contributed by atoms with E-state index in [1.807, 2.05) is 12.1 Å². The predicted molar refractivity (Wildman–Crippen MR) is 94.2 cm³/mol. The second-order valence-electron chi connectivity index (χ2n) is 7.04. The van der Waals surface area contributed by atoms with Crippen LogP contribution in [0.1, 0.15) is 50.0 Å². The first-order chi connectivity index (χ1) is 11.6. The molecule has 0 aliphatic heterocycles. The van der Waals surface area contributed by atoms with Crippen molar-refractivity contribution in [3.05, 3.63) is 35.4 Å². The number of hydrogen-bond donors (Lipinski definition) is 1. The SMILES string of the molecule is COC(=O)[C@H](C)C[C@H](NC(=O)c1ccc(C(C)(C)C)cc1)C(=O)OC. The number of esters is 2. The normalized spacial score (nSPS) is 13.5. The molecule has 0 spiro atoms. The van der Waals surface area contributed by atoms with Gasteiger partial charge >= 0.3 is 11.9 Å². The highest BCUT2D eigenvalue weighted by Gasteiger charge is 2.27. The molecule has 0 radical (unpaired) electrons. The fourth-order valence-corrected chi connectivity index (χ4v) is 2.37. The minimum absolute atomic E-state index is 0.0144. The van der Waals surface area contributed by atoms with Crippen LogP contribution < -0.4 is 5.32 Å². The van der Waals surface area contributed by atoms with E-state index in [0.717, 1.165) is 5.56 Å². The second kappa shape index (κ2) is 8.65. The lowest BCUT2D eigenvalue weighted by atomic mass is 9.86. The zero-order valence-corrected chi connectivity index (χ0v) is 15.7. The summed E-state index contributed by atoms with van der Waals surface area (Å²) in [6.45, 7) is 7.89. The number of benzene rings is 1. The quantitative estimate of drug-likeness (QED) is 0.798. The average Bonchev–Trinajstić information content (AvgIpc) is 2.58. The lowest BCUT2D eigenvalue weighted by molar-refractivity contribution is -0.147.